The highest BCUT2D eigenvalue weighted by molar-refractivity contribution is 7.89. The van der Waals surface area contributed by atoms with Gasteiger partial charge in [0.05, 0.1) is 10.8 Å². The van der Waals surface area contributed by atoms with Gasteiger partial charge in [-0.2, -0.15) is 15.6 Å². The van der Waals surface area contributed by atoms with Crippen LogP contribution in [0.5, 0.6) is 0 Å². The normalized spacial score (nSPS) is 17.9. The molecule has 1 fully saturated rings. The Balaban J connectivity index is 1.64. The van der Waals surface area contributed by atoms with Crippen LogP contribution in [0, 0.1) is 5.92 Å². The molecule has 0 aliphatic carbocycles. The topological polar surface area (TPSA) is 86.8 Å². The maximum atomic E-state index is 12.7. The highest BCUT2D eigenvalue weighted by Crippen LogP contribution is 2.27. The van der Waals surface area contributed by atoms with Crippen LogP contribution in [-0.4, -0.2) is 50.2 Å². The number of benzene rings is 1. The van der Waals surface area contributed by atoms with Gasteiger partial charge < -0.3 is 10.2 Å². The van der Waals surface area contributed by atoms with Gasteiger partial charge in [-0.15, -0.1) is 0 Å². The van der Waals surface area contributed by atoms with Crippen LogP contribution in [0.2, 0.25) is 0 Å². The molecule has 0 spiro atoms. The molecule has 2 unspecified atom stereocenters. The molecule has 31 heavy (non-hydrogen) atoms. The molecule has 2 atom stereocenters. The average molecular weight is 464 g/mol. The highest BCUT2D eigenvalue weighted by atomic mass is 32.2. The van der Waals surface area contributed by atoms with Gasteiger partial charge in [0.25, 0.3) is 0 Å². The maximum Gasteiger partial charge on any atom is 0.243 e. The number of sulfonamides is 1. The number of carbonyl (C=O) groups is 2. The number of anilines is 1. The highest BCUT2D eigenvalue weighted by Gasteiger charge is 2.35. The Hall–Kier alpha value is -2.23. The third kappa shape index (κ3) is 5.34. The van der Waals surface area contributed by atoms with Crippen molar-refractivity contribution in [1.29, 1.82) is 0 Å². The van der Waals surface area contributed by atoms with Gasteiger partial charge in [0.2, 0.25) is 21.8 Å². The Bertz CT molecular complexity index is 1000. The van der Waals surface area contributed by atoms with E-state index in [-0.39, 0.29) is 35.7 Å². The molecule has 1 aliphatic rings. The summed E-state index contributed by atoms with van der Waals surface area (Å²) in [5.41, 5.74) is 1.78. The molecule has 7 nitrogen and oxygen atoms in total. The van der Waals surface area contributed by atoms with E-state index in [1.807, 2.05) is 18.4 Å². The summed E-state index contributed by atoms with van der Waals surface area (Å²) in [6.07, 6.45) is 0.901. The lowest BCUT2D eigenvalue weighted by Gasteiger charge is -2.20. The van der Waals surface area contributed by atoms with Gasteiger partial charge in [-0.1, -0.05) is 13.8 Å². The SMILES string of the molecule is CCN(CC)S(=O)(=O)c1ccc(N2CC(C(=O)NC(C)Cc3ccsc3)CC2=O)cc1. The van der Waals surface area contributed by atoms with E-state index in [0.717, 1.165) is 6.42 Å². The zero-order valence-electron chi connectivity index (χ0n) is 18.1. The maximum absolute atomic E-state index is 12.7. The summed E-state index contributed by atoms with van der Waals surface area (Å²) in [5, 5.41) is 7.08. The van der Waals surface area contributed by atoms with E-state index in [4.69, 9.17) is 0 Å². The third-order valence-electron chi connectivity index (χ3n) is 5.50. The minimum atomic E-state index is -3.55. The molecule has 2 amide bonds. The number of rotatable bonds is 9. The predicted molar refractivity (Wildman–Crippen MR) is 123 cm³/mol. The van der Waals surface area contributed by atoms with Crippen molar-refractivity contribution in [2.45, 2.75) is 44.6 Å². The smallest absolute Gasteiger partial charge is 0.243 e. The molecule has 9 heteroatoms. The summed E-state index contributed by atoms with van der Waals surface area (Å²) in [4.78, 5) is 27.0. The first-order valence-corrected chi connectivity index (χ1v) is 12.9. The molecule has 2 heterocycles. The Morgan fingerprint density at radius 1 is 1.23 bits per heavy atom. The summed E-state index contributed by atoms with van der Waals surface area (Å²) < 4.78 is 26.7. The van der Waals surface area contributed by atoms with Gasteiger partial charge >= 0.3 is 0 Å². The fourth-order valence-electron chi connectivity index (χ4n) is 3.82. The number of amides is 2. The third-order valence-corrected chi connectivity index (χ3v) is 8.29. The second kappa shape index (κ2) is 9.93. The first-order valence-electron chi connectivity index (χ1n) is 10.5. The lowest BCUT2D eigenvalue weighted by Crippen LogP contribution is -2.39. The molecule has 1 saturated heterocycles. The first-order chi connectivity index (χ1) is 14.8. The lowest BCUT2D eigenvalue weighted by molar-refractivity contribution is -0.126. The zero-order chi connectivity index (χ0) is 22.6. The number of hydrogen-bond donors (Lipinski definition) is 1. The number of nitrogens with one attached hydrogen (secondary N) is 1. The van der Waals surface area contributed by atoms with Crippen molar-refractivity contribution in [2.24, 2.45) is 5.92 Å². The van der Waals surface area contributed by atoms with Crippen molar-refractivity contribution in [3.63, 3.8) is 0 Å². The molecular weight excluding hydrogens is 434 g/mol. The number of nitrogens with zero attached hydrogens (tertiary/aromatic N) is 2. The van der Waals surface area contributed by atoms with Gasteiger partial charge in [0, 0.05) is 37.8 Å². The van der Waals surface area contributed by atoms with Crippen LogP contribution in [0.4, 0.5) is 5.69 Å². The Kier molecular flexibility index (Phi) is 7.51. The fraction of sp³-hybridized carbons (Fsp3) is 0.455. The van der Waals surface area contributed by atoms with Crippen LogP contribution >= 0.6 is 11.3 Å². The van der Waals surface area contributed by atoms with E-state index in [1.54, 1.807) is 42.2 Å². The Labute approximate surface area is 188 Å². The molecule has 1 aromatic heterocycles. The Morgan fingerprint density at radius 2 is 1.90 bits per heavy atom. The van der Waals surface area contributed by atoms with Crippen LogP contribution in [0.1, 0.15) is 32.8 Å². The van der Waals surface area contributed by atoms with Gasteiger partial charge in [0.1, 0.15) is 0 Å². The van der Waals surface area contributed by atoms with E-state index >= 15 is 0 Å². The standard InChI is InChI=1S/C22H29N3O4S2/c1-4-24(5-2)31(28,29)20-8-6-19(7-9-20)25-14-18(13-21(25)26)22(27)23-16(3)12-17-10-11-30-15-17/h6-11,15-16,18H,4-5,12-14H2,1-3H3,(H,23,27). The van der Waals surface area contributed by atoms with E-state index in [2.05, 4.69) is 10.7 Å². The van der Waals surface area contributed by atoms with Crippen molar-refractivity contribution >= 4 is 38.9 Å². The second-order valence-corrected chi connectivity index (χ2v) is 10.5. The quantitative estimate of drug-likeness (QED) is 0.620. The monoisotopic (exact) mass is 463 g/mol. The van der Waals surface area contributed by atoms with E-state index in [9.17, 15) is 18.0 Å². The molecule has 3 rings (SSSR count). The van der Waals surface area contributed by atoms with Crippen LogP contribution in [0.3, 0.4) is 0 Å². The molecule has 168 valence electrons. The van der Waals surface area contributed by atoms with Gasteiger partial charge in [0.15, 0.2) is 0 Å². The minimum absolute atomic E-state index is 0.0178. The largest absolute Gasteiger partial charge is 0.353 e. The molecule has 0 radical (unpaired) electrons. The Morgan fingerprint density at radius 3 is 2.48 bits per heavy atom. The van der Waals surface area contributed by atoms with Crippen molar-refractivity contribution in [3.05, 3.63) is 46.7 Å². The van der Waals surface area contributed by atoms with Crippen molar-refractivity contribution < 1.29 is 18.0 Å². The van der Waals surface area contributed by atoms with Crippen molar-refractivity contribution in [1.82, 2.24) is 9.62 Å². The van der Waals surface area contributed by atoms with E-state index in [1.165, 1.54) is 22.0 Å². The summed E-state index contributed by atoms with van der Waals surface area (Å²) >= 11 is 1.63. The summed E-state index contributed by atoms with van der Waals surface area (Å²) in [6, 6.07) is 8.33. The summed E-state index contributed by atoms with van der Waals surface area (Å²) in [7, 11) is -3.55. The van der Waals surface area contributed by atoms with Gasteiger partial charge in [-0.3, -0.25) is 9.59 Å². The minimum Gasteiger partial charge on any atom is -0.353 e. The molecule has 2 aromatic rings. The van der Waals surface area contributed by atoms with Crippen LogP contribution in [-0.2, 0) is 26.0 Å². The summed E-state index contributed by atoms with van der Waals surface area (Å²) in [5.74, 6) is -0.680. The first kappa shape index (κ1) is 23.4. The molecule has 0 saturated carbocycles. The lowest BCUT2D eigenvalue weighted by atomic mass is 10.1. The number of thiophene rings is 1. The fourth-order valence-corrected chi connectivity index (χ4v) is 5.96. The molecule has 0 bridgehead atoms. The molecule has 1 N–H and O–H groups in total. The average Bonchev–Trinajstić information content (AvgIpc) is 3.38. The molecule has 1 aromatic carbocycles. The predicted octanol–water partition coefficient (Wildman–Crippen LogP) is 2.88. The second-order valence-electron chi connectivity index (χ2n) is 7.73. The van der Waals surface area contributed by atoms with Crippen LogP contribution < -0.4 is 10.2 Å². The zero-order valence-corrected chi connectivity index (χ0v) is 19.7. The number of hydrogen-bond acceptors (Lipinski definition) is 5. The molecule has 1 aliphatic heterocycles. The van der Waals surface area contributed by atoms with Gasteiger partial charge in [-0.05, 0) is 60.0 Å². The van der Waals surface area contributed by atoms with Gasteiger partial charge in [-0.25, -0.2) is 8.42 Å². The van der Waals surface area contributed by atoms with Crippen molar-refractivity contribution in [3.8, 4) is 0 Å². The van der Waals surface area contributed by atoms with Crippen LogP contribution in [0.25, 0.3) is 0 Å². The van der Waals surface area contributed by atoms with Crippen molar-refractivity contribution in [2.75, 3.05) is 24.5 Å². The van der Waals surface area contributed by atoms with Crippen LogP contribution in [0.15, 0.2) is 46.0 Å². The van der Waals surface area contributed by atoms with E-state index in [0.29, 0.717) is 18.8 Å². The molecular formula is C22H29N3O4S2. The van der Waals surface area contributed by atoms with E-state index < -0.39 is 15.9 Å². The summed E-state index contributed by atoms with van der Waals surface area (Å²) in [6.45, 7) is 6.63. The number of carbonyl (C=O) groups excluding carboxylic acids is 2.